The summed E-state index contributed by atoms with van der Waals surface area (Å²) >= 11 is 0. The Labute approximate surface area is 178 Å². The fourth-order valence-electron chi connectivity index (χ4n) is 4.35. The summed E-state index contributed by atoms with van der Waals surface area (Å²) in [4.78, 5) is 13.8. The van der Waals surface area contributed by atoms with Crippen LogP contribution in [0.15, 0.2) is 54.7 Å². The van der Waals surface area contributed by atoms with Crippen molar-refractivity contribution < 1.29 is 9.53 Å². The molecule has 1 amide bonds. The first-order valence-corrected chi connectivity index (χ1v) is 10.8. The van der Waals surface area contributed by atoms with Gasteiger partial charge in [-0.05, 0) is 60.0 Å². The van der Waals surface area contributed by atoms with Gasteiger partial charge in [-0.15, -0.1) is 0 Å². The van der Waals surface area contributed by atoms with Crippen LogP contribution in [-0.2, 0) is 17.8 Å². The molecule has 1 aromatic heterocycles. The maximum atomic E-state index is 11.2. The van der Waals surface area contributed by atoms with Crippen LogP contribution in [0.3, 0.4) is 0 Å². The Morgan fingerprint density at radius 1 is 1.07 bits per heavy atom. The molecule has 3 aromatic rings. The molecule has 2 aromatic carbocycles. The first kappa shape index (κ1) is 20.5. The fraction of sp³-hybridized carbons (Fsp3) is 0.400. The maximum absolute atomic E-state index is 11.2. The van der Waals surface area contributed by atoms with Crippen LogP contribution < -0.4 is 10.1 Å². The Bertz CT molecular complexity index is 985. The molecular formula is C25H31N3O2. The topological polar surface area (TPSA) is 46.5 Å². The summed E-state index contributed by atoms with van der Waals surface area (Å²) in [5, 5.41) is 4.16. The number of likely N-dealkylation sites (tertiary alicyclic amines) is 1. The first-order valence-electron chi connectivity index (χ1n) is 10.8. The van der Waals surface area contributed by atoms with Crippen LogP contribution in [0, 0.1) is 0 Å². The van der Waals surface area contributed by atoms with E-state index in [2.05, 4.69) is 57.4 Å². The van der Waals surface area contributed by atoms with Gasteiger partial charge in [-0.2, -0.15) is 0 Å². The number of nitrogens with zero attached hydrogens (tertiary/aromatic N) is 2. The molecule has 0 saturated carbocycles. The molecule has 1 N–H and O–H groups in total. The second-order valence-electron chi connectivity index (χ2n) is 8.20. The molecule has 5 nitrogen and oxygen atoms in total. The summed E-state index contributed by atoms with van der Waals surface area (Å²) in [6.45, 7) is 5.51. The summed E-state index contributed by atoms with van der Waals surface area (Å²) in [5.74, 6) is 0.922. The number of benzene rings is 2. The van der Waals surface area contributed by atoms with Crippen LogP contribution in [0.5, 0.6) is 5.75 Å². The molecule has 1 aliphatic heterocycles. The number of ether oxygens (including phenoxy) is 1. The van der Waals surface area contributed by atoms with Gasteiger partial charge in [0.25, 0.3) is 0 Å². The molecule has 0 aliphatic carbocycles. The predicted octanol–water partition coefficient (Wildman–Crippen LogP) is 4.17. The Kier molecular flexibility index (Phi) is 6.38. The summed E-state index contributed by atoms with van der Waals surface area (Å²) in [6, 6.07) is 17.6. The highest BCUT2D eigenvalue weighted by Crippen LogP contribution is 2.28. The second kappa shape index (κ2) is 9.35. The quantitative estimate of drug-likeness (QED) is 0.642. The van der Waals surface area contributed by atoms with Crippen LogP contribution in [0.25, 0.3) is 10.9 Å². The standard InChI is InChI=1S/C25H31N3O2/c1-19(29)26-18-21-3-6-22-10-16-28(25(22)17-21)23-11-14-27(15-12-23)13-9-20-4-7-24(30-2)8-5-20/h3-8,10,16-17,23H,9,11-15,18H2,1-2H3,(H,26,29). The van der Waals surface area contributed by atoms with Crippen molar-refractivity contribution in [3.8, 4) is 5.75 Å². The fourth-order valence-corrected chi connectivity index (χ4v) is 4.35. The predicted molar refractivity (Wildman–Crippen MR) is 121 cm³/mol. The molecule has 1 fully saturated rings. The highest BCUT2D eigenvalue weighted by Gasteiger charge is 2.21. The molecule has 0 bridgehead atoms. The summed E-state index contributed by atoms with van der Waals surface area (Å²) < 4.78 is 7.68. The average molecular weight is 406 g/mol. The van der Waals surface area contributed by atoms with Gasteiger partial charge in [0.2, 0.25) is 5.91 Å². The van der Waals surface area contributed by atoms with Gasteiger partial charge in [-0.1, -0.05) is 24.3 Å². The van der Waals surface area contributed by atoms with Crippen molar-refractivity contribution in [2.24, 2.45) is 0 Å². The van der Waals surface area contributed by atoms with Crippen molar-refractivity contribution in [3.63, 3.8) is 0 Å². The van der Waals surface area contributed by atoms with E-state index in [0.717, 1.165) is 37.4 Å². The average Bonchev–Trinajstić information content (AvgIpc) is 3.20. The molecule has 0 spiro atoms. The van der Waals surface area contributed by atoms with Crippen LogP contribution in [0.1, 0.15) is 36.9 Å². The van der Waals surface area contributed by atoms with E-state index in [1.165, 1.54) is 29.3 Å². The number of aromatic nitrogens is 1. The Balaban J connectivity index is 1.34. The zero-order valence-electron chi connectivity index (χ0n) is 17.9. The minimum atomic E-state index is 0.00694. The van der Waals surface area contributed by atoms with Crippen LogP contribution in [-0.4, -0.2) is 42.1 Å². The zero-order valence-corrected chi connectivity index (χ0v) is 17.9. The summed E-state index contributed by atoms with van der Waals surface area (Å²) in [7, 11) is 1.71. The van der Waals surface area contributed by atoms with E-state index in [1.54, 1.807) is 14.0 Å². The minimum Gasteiger partial charge on any atom is -0.497 e. The van der Waals surface area contributed by atoms with Gasteiger partial charge in [0.15, 0.2) is 0 Å². The second-order valence-corrected chi connectivity index (χ2v) is 8.20. The number of hydrogen-bond acceptors (Lipinski definition) is 3. The van der Waals surface area contributed by atoms with Gasteiger partial charge < -0.3 is 19.5 Å². The van der Waals surface area contributed by atoms with Gasteiger partial charge in [-0.3, -0.25) is 4.79 Å². The lowest BCUT2D eigenvalue weighted by molar-refractivity contribution is -0.119. The molecule has 0 radical (unpaired) electrons. The molecule has 0 unspecified atom stereocenters. The van der Waals surface area contributed by atoms with Gasteiger partial charge >= 0.3 is 0 Å². The normalized spacial score (nSPS) is 15.4. The Hall–Kier alpha value is -2.79. The number of carbonyl (C=O) groups is 1. The third-order valence-electron chi connectivity index (χ3n) is 6.16. The molecule has 4 rings (SSSR count). The molecule has 1 saturated heterocycles. The van der Waals surface area contributed by atoms with Crippen molar-refractivity contribution in [3.05, 3.63) is 65.9 Å². The number of piperidine rings is 1. The lowest BCUT2D eigenvalue weighted by Crippen LogP contribution is -2.35. The van der Waals surface area contributed by atoms with Crippen molar-refractivity contribution in [1.82, 2.24) is 14.8 Å². The van der Waals surface area contributed by atoms with E-state index in [4.69, 9.17) is 4.74 Å². The first-order chi connectivity index (χ1) is 14.6. The number of amides is 1. The SMILES string of the molecule is COc1ccc(CCN2CCC(n3ccc4ccc(CNC(C)=O)cc43)CC2)cc1. The number of fused-ring (bicyclic) bond motifs is 1. The smallest absolute Gasteiger partial charge is 0.217 e. The molecule has 5 heteroatoms. The van der Waals surface area contributed by atoms with Crippen molar-refractivity contribution in [1.29, 1.82) is 0 Å². The largest absolute Gasteiger partial charge is 0.497 e. The zero-order chi connectivity index (χ0) is 20.9. The van der Waals surface area contributed by atoms with E-state index in [9.17, 15) is 4.79 Å². The lowest BCUT2D eigenvalue weighted by atomic mass is 10.0. The van der Waals surface area contributed by atoms with Gasteiger partial charge in [-0.25, -0.2) is 0 Å². The lowest BCUT2D eigenvalue weighted by Gasteiger charge is -2.33. The third-order valence-corrected chi connectivity index (χ3v) is 6.16. The number of hydrogen-bond donors (Lipinski definition) is 1. The highest BCUT2D eigenvalue weighted by molar-refractivity contribution is 5.81. The van der Waals surface area contributed by atoms with Gasteiger partial charge in [0, 0.05) is 50.9 Å². The van der Waals surface area contributed by atoms with Crippen molar-refractivity contribution in [2.45, 2.75) is 38.8 Å². The van der Waals surface area contributed by atoms with Crippen LogP contribution in [0.4, 0.5) is 0 Å². The summed E-state index contributed by atoms with van der Waals surface area (Å²) in [6.07, 6.45) is 5.64. The molecule has 158 valence electrons. The maximum Gasteiger partial charge on any atom is 0.217 e. The molecule has 1 aliphatic rings. The van der Waals surface area contributed by atoms with Crippen LogP contribution >= 0.6 is 0 Å². The van der Waals surface area contributed by atoms with Crippen molar-refractivity contribution >= 4 is 16.8 Å². The Morgan fingerprint density at radius 3 is 2.50 bits per heavy atom. The molecule has 0 atom stereocenters. The number of rotatable bonds is 7. The minimum absolute atomic E-state index is 0.00694. The monoisotopic (exact) mass is 405 g/mol. The molecule has 2 heterocycles. The van der Waals surface area contributed by atoms with Crippen molar-refractivity contribution in [2.75, 3.05) is 26.7 Å². The van der Waals surface area contributed by atoms with E-state index in [-0.39, 0.29) is 5.91 Å². The van der Waals surface area contributed by atoms with Gasteiger partial charge in [0.1, 0.15) is 5.75 Å². The van der Waals surface area contributed by atoms with E-state index in [1.807, 2.05) is 12.1 Å². The summed E-state index contributed by atoms with van der Waals surface area (Å²) in [5.41, 5.74) is 3.78. The third kappa shape index (κ3) is 4.85. The number of carbonyl (C=O) groups excluding carboxylic acids is 1. The van der Waals surface area contributed by atoms with E-state index in [0.29, 0.717) is 12.6 Å². The molecular weight excluding hydrogens is 374 g/mol. The van der Waals surface area contributed by atoms with E-state index >= 15 is 0 Å². The van der Waals surface area contributed by atoms with Crippen LogP contribution in [0.2, 0.25) is 0 Å². The highest BCUT2D eigenvalue weighted by atomic mass is 16.5. The van der Waals surface area contributed by atoms with Gasteiger partial charge in [0.05, 0.1) is 7.11 Å². The Morgan fingerprint density at radius 2 is 1.80 bits per heavy atom. The molecule has 30 heavy (non-hydrogen) atoms. The number of nitrogens with one attached hydrogen (secondary N) is 1. The number of methoxy groups -OCH3 is 1. The van der Waals surface area contributed by atoms with E-state index < -0.39 is 0 Å².